The van der Waals surface area contributed by atoms with Gasteiger partial charge in [-0.25, -0.2) is 5.43 Å². The van der Waals surface area contributed by atoms with Crippen LogP contribution in [0.5, 0.6) is 0 Å². The molecule has 0 radical (unpaired) electrons. The number of aryl methyl sites for hydroxylation is 1. The molecule has 0 spiro atoms. The largest absolute Gasteiger partial charge is 0.289 e. The van der Waals surface area contributed by atoms with Gasteiger partial charge in [0.25, 0.3) is 5.91 Å². The first-order chi connectivity index (χ1) is 12.6. The Balaban J connectivity index is 1.74. The lowest BCUT2D eigenvalue weighted by Gasteiger charge is -2.06. The van der Waals surface area contributed by atoms with Gasteiger partial charge in [0.1, 0.15) is 5.69 Å². The summed E-state index contributed by atoms with van der Waals surface area (Å²) >= 11 is 6.23. The average Bonchev–Trinajstić information content (AvgIpc) is 2.91. The Labute approximate surface area is 156 Å². The van der Waals surface area contributed by atoms with Crippen molar-refractivity contribution in [2.75, 3.05) is 0 Å². The summed E-state index contributed by atoms with van der Waals surface area (Å²) < 4.78 is 1.87. The molecule has 0 unspecified atom stereocenters. The minimum Gasteiger partial charge on any atom is -0.266 e. The molecule has 6 nitrogen and oxygen atoms in total. The molecule has 0 saturated heterocycles. The van der Waals surface area contributed by atoms with E-state index in [0.29, 0.717) is 17.3 Å². The van der Waals surface area contributed by atoms with E-state index in [4.69, 9.17) is 11.6 Å². The van der Waals surface area contributed by atoms with Crippen LogP contribution in [-0.4, -0.2) is 26.9 Å². The third-order valence-electron chi connectivity index (χ3n) is 3.97. The highest BCUT2D eigenvalue weighted by atomic mass is 35.5. The third-order valence-corrected chi connectivity index (χ3v) is 4.34. The van der Waals surface area contributed by atoms with Crippen LogP contribution < -0.4 is 5.43 Å². The summed E-state index contributed by atoms with van der Waals surface area (Å²) in [6, 6.07) is 12.8. The monoisotopic (exact) mass is 367 g/mol. The molecule has 2 heterocycles. The predicted molar refractivity (Wildman–Crippen MR) is 102 cm³/mol. The van der Waals surface area contributed by atoms with Crippen LogP contribution in [0.1, 0.15) is 33.0 Å². The van der Waals surface area contributed by atoms with Crippen molar-refractivity contribution in [3.05, 3.63) is 81.9 Å². The minimum atomic E-state index is -0.361. The average molecular weight is 368 g/mol. The maximum atomic E-state index is 12.0. The lowest BCUT2D eigenvalue weighted by Crippen LogP contribution is -2.18. The summed E-state index contributed by atoms with van der Waals surface area (Å²) in [5, 5.41) is 9.28. The number of amides is 1. The number of nitrogens with one attached hydrogen (secondary N) is 1. The lowest BCUT2D eigenvalue weighted by molar-refractivity contribution is 0.0950. The first-order valence-corrected chi connectivity index (χ1v) is 8.46. The molecule has 2 aromatic heterocycles. The topological polar surface area (TPSA) is 72.2 Å². The molecule has 0 bridgehead atoms. The predicted octanol–water partition coefficient (Wildman–Crippen LogP) is 3.36. The zero-order chi connectivity index (χ0) is 18.5. The molecule has 3 aromatic rings. The van der Waals surface area contributed by atoms with E-state index in [1.807, 2.05) is 42.8 Å². The first-order valence-electron chi connectivity index (χ1n) is 8.08. The maximum absolute atomic E-state index is 12.0. The molecule has 1 amide bonds. The Morgan fingerprint density at radius 1 is 1.23 bits per heavy atom. The number of rotatable bonds is 5. The second kappa shape index (κ2) is 7.93. The van der Waals surface area contributed by atoms with Crippen LogP contribution in [0.25, 0.3) is 0 Å². The van der Waals surface area contributed by atoms with Crippen LogP contribution in [-0.2, 0) is 6.54 Å². The molecule has 1 N–H and O–H groups in total. The van der Waals surface area contributed by atoms with E-state index >= 15 is 0 Å². The van der Waals surface area contributed by atoms with Gasteiger partial charge in [0, 0.05) is 22.5 Å². The molecule has 0 aliphatic heterocycles. The van der Waals surface area contributed by atoms with E-state index in [2.05, 4.69) is 20.6 Å². The molecule has 132 valence electrons. The zero-order valence-electron chi connectivity index (χ0n) is 14.5. The second-order valence-electron chi connectivity index (χ2n) is 5.75. The highest BCUT2D eigenvalue weighted by molar-refractivity contribution is 6.31. The van der Waals surface area contributed by atoms with Gasteiger partial charge in [-0.1, -0.05) is 35.9 Å². The van der Waals surface area contributed by atoms with Crippen LogP contribution >= 0.6 is 11.6 Å². The Hall–Kier alpha value is -2.99. The second-order valence-corrected chi connectivity index (χ2v) is 6.15. The van der Waals surface area contributed by atoms with Gasteiger partial charge in [-0.05, 0) is 37.6 Å². The van der Waals surface area contributed by atoms with E-state index in [9.17, 15) is 4.79 Å². The summed E-state index contributed by atoms with van der Waals surface area (Å²) in [6.07, 6.45) is 3.16. The molecule has 1 aromatic carbocycles. The van der Waals surface area contributed by atoms with Gasteiger partial charge in [0.05, 0.1) is 18.5 Å². The standard InChI is InChI=1S/C19H18ClN5O/c1-13-16(11-22-23-19(26)18-9-5-6-10-21-18)14(2)25(24-13)12-15-7-3-4-8-17(15)20/h3-11H,12H2,1-2H3,(H,23,26)/b22-11+. The summed E-state index contributed by atoms with van der Waals surface area (Å²) in [4.78, 5) is 15.9. The smallest absolute Gasteiger partial charge is 0.266 e. The van der Waals surface area contributed by atoms with Crippen molar-refractivity contribution in [3.8, 4) is 0 Å². The summed E-state index contributed by atoms with van der Waals surface area (Å²) in [5.74, 6) is -0.361. The summed E-state index contributed by atoms with van der Waals surface area (Å²) in [6.45, 7) is 4.43. The van der Waals surface area contributed by atoms with Crippen molar-refractivity contribution in [3.63, 3.8) is 0 Å². The molecular weight excluding hydrogens is 350 g/mol. The molecule has 0 aliphatic carbocycles. The van der Waals surface area contributed by atoms with Crippen molar-refractivity contribution in [2.24, 2.45) is 5.10 Å². The number of carbonyl (C=O) groups is 1. The molecule has 0 fully saturated rings. The van der Waals surface area contributed by atoms with Gasteiger partial charge in [0.15, 0.2) is 0 Å². The third kappa shape index (κ3) is 3.97. The zero-order valence-corrected chi connectivity index (χ0v) is 15.2. The number of nitrogens with zero attached hydrogens (tertiary/aromatic N) is 4. The van der Waals surface area contributed by atoms with Crippen molar-refractivity contribution in [1.29, 1.82) is 0 Å². The normalized spacial score (nSPS) is 11.0. The molecule has 3 rings (SSSR count). The molecule has 26 heavy (non-hydrogen) atoms. The highest BCUT2D eigenvalue weighted by Gasteiger charge is 2.11. The van der Waals surface area contributed by atoms with Crippen molar-refractivity contribution in [2.45, 2.75) is 20.4 Å². The number of aromatic nitrogens is 3. The van der Waals surface area contributed by atoms with E-state index in [1.54, 1.807) is 30.6 Å². The fourth-order valence-corrected chi connectivity index (χ4v) is 2.74. The summed E-state index contributed by atoms with van der Waals surface area (Å²) in [7, 11) is 0. The first kappa shape index (κ1) is 17.8. The van der Waals surface area contributed by atoms with Gasteiger partial charge >= 0.3 is 0 Å². The summed E-state index contributed by atoms with van der Waals surface area (Å²) in [5.41, 5.74) is 6.41. The molecular formula is C19H18ClN5O. The van der Waals surface area contributed by atoms with Crippen LogP contribution in [0, 0.1) is 13.8 Å². The number of carbonyl (C=O) groups excluding carboxylic acids is 1. The number of hydrazone groups is 1. The molecule has 0 atom stereocenters. The maximum Gasteiger partial charge on any atom is 0.289 e. The van der Waals surface area contributed by atoms with Crippen molar-refractivity contribution < 1.29 is 4.79 Å². The quantitative estimate of drug-likeness (QED) is 0.555. The number of hydrogen-bond donors (Lipinski definition) is 1. The Kier molecular flexibility index (Phi) is 5.43. The Bertz CT molecular complexity index is 950. The van der Waals surface area contributed by atoms with E-state index in [0.717, 1.165) is 22.5 Å². The van der Waals surface area contributed by atoms with Crippen molar-refractivity contribution in [1.82, 2.24) is 20.2 Å². The van der Waals surface area contributed by atoms with Gasteiger partial charge in [-0.2, -0.15) is 10.2 Å². The number of pyridine rings is 1. The van der Waals surface area contributed by atoms with E-state index in [-0.39, 0.29) is 5.91 Å². The molecule has 7 heteroatoms. The van der Waals surface area contributed by atoms with Gasteiger partial charge in [-0.15, -0.1) is 0 Å². The van der Waals surface area contributed by atoms with Gasteiger partial charge < -0.3 is 0 Å². The number of hydrogen-bond acceptors (Lipinski definition) is 4. The highest BCUT2D eigenvalue weighted by Crippen LogP contribution is 2.18. The SMILES string of the molecule is Cc1nn(Cc2ccccc2Cl)c(C)c1/C=N/NC(=O)c1ccccn1. The van der Waals surface area contributed by atoms with E-state index in [1.165, 1.54) is 0 Å². The fourth-order valence-electron chi connectivity index (χ4n) is 2.55. The van der Waals surface area contributed by atoms with Crippen LogP contribution in [0.4, 0.5) is 0 Å². The van der Waals surface area contributed by atoms with Gasteiger partial charge in [-0.3, -0.25) is 14.5 Å². The van der Waals surface area contributed by atoms with Gasteiger partial charge in [0.2, 0.25) is 0 Å². The van der Waals surface area contributed by atoms with Crippen LogP contribution in [0.3, 0.4) is 0 Å². The lowest BCUT2D eigenvalue weighted by atomic mass is 10.2. The number of halogens is 1. The van der Waals surface area contributed by atoms with E-state index < -0.39 is 0 Å². The van der Waals surface area contributed by atoms with Crippen LogP contribution in [0.15, 0.2) is 53.8 Å². The Morgan fingerprint density at radius 2 is 2.00 bits per heavy atom. The molecule has 0 aliphatic rings. The number of benzene rings is 1. The van der Waals surface area contributed by atoms with Crippen molar-refractivity contribution >= 4 is 23.7 Å². The van der Waals surface area contributed by atoms with Crippen LogP contribution in [0.2, 0.25) is 5.02 Å². The fraction of sp³-hybridized carbons (Fsp3) is 0.158. The Morgan fingerprint density at radius 3 is 2.73 bits per heavy atom. The minimum absolute atomic E-state index is 0.313. The molecule has 0 saturated carbocycles.